The average Bonchev–Trinajstić information content (AvgIpc) is 2.37. The number of primary amides is 1. The quantitative estimate of drug-likeness (QED) is 0.848. The number of ether oxygens (including phenoxy) is 1. The molecular weight excluding hydrogens is 228 g/mol. The number of hydrogen-bond donors (Lipinski definition) is 2. The van der Waals surface area contributed by atoms with E-state index in [-0.39, 0.29) is 0 Å². The standard InChI is InChI=1S/C14H20N2O2/c1-10-2-3-12(14(15)17)13(8-10)18-9-11-4-6-16-7-5-11/h2-3,8,11,16H,4-7,9H2,1H3,(H2,15,17). The van der Waals surface area contributed by atoms with Crippen LogP contribution in [0.5, 0.6) is 5.75 Å². The molecule has 1 heterocycles. The van der Waals surface area contributed by atoms with Gasteiger partial charge < -0.3 is 15.8 Å². The van der Waals surface area contributed by atoms with Crippen molar-refractivity contribution in [2.24, 2.45) is 11.7 Å². The molecule has 1 aromatic rings. The molecule has 0 unspecified atom stereocenters. The predicted molar refractivity (Wildman–Crippen MR) is 70.8 cm³/mol. The number of carbonyl (C=O) groups excluding carboxylic acids is 1. The maximum absolute atomic E-state index is 11.3. The zero-order valence-electron chi connectivity index (χ0n) is 10.7. The molecule has 0 aliphatic carbocycles. The van der Waals surface area contributed by atoms with Crippen molar-refractivity contribution in [1.29, 1.82) is 0 Å². The van der Waals surface area contributed by atoms with Crippen molar-refractivity contribution in [2.45, 2.75) is 19.8 Å². The maximum atomic E-state index is 11.3. The highest BCUT2D eigenvalue weighted by atomic mass is 16.5. The molecule has 1 aromatic carbocycles. The van der Waals surface area contributed by atoms with Crippen LogP contribution in [0.3, 0.4) is 0 Å². The molecule has 4 nitrogen and oxygen atoms in total. The zero-order chi connectivity index (χ0) is 13.0. The van der Waals surface area contributed by atoms with Crippen molar-refractivity contribution in [2.75, 3.05) is 19.7 Å². The van der Waals surface area contributed by atoms with Crippen molar-refractivity contribution >= 4 is 5.91 Å². The van der Waals surface area contributed by atoms with Crippen LogP contribution in [0, 0.1) is 12.8 Å². The summed E-state index contributed by atoms with van der Waals surface area (Å²) in [7, 11) is 0. The Morgan fingerprint density at radius 2 is 2.17 bits per heavy atom. The molecule has 0 spiro atoms. The van der Waals surface area contributed by atoms with Gasteiger partial charge in [-0.05, 0) is 56.5 Å². The van der Waals surface area contributed by atoms with Crippen molar-refractivity contribution in [1.82, 2.24) is 5.32 Å². The number of nitrogens with two attached hydrogens (primary N) is 1. The Morgan fingerprint density at radius 1 is 1.44 bits per heavy atom. The van der Waals surface area contributed by atoms with Gasteiger partial charge >= 0.3 is 0 Å². The molecule has 1 aliphatic rings. The summed E-state index contributed by atoms with van der Waals surface area (Å²) in [5.74, 6) is 0.740. The zero-order valence-corrected chi connectivity index (χ0v) is 10.7. The lowest BCUT2D eigenvalue weighted by atomic mass is 9.99. The van der Waals surface area contributed by atoms with Gasteiger partial charge in [0.15, 0.2) is 0 Å². The molecule has 1 amide bonds. The summed E-state index contributed by atoms with van der Waals surface area (Å²) in [6.07, 6.45) is 2.25. The lowest BCUT2D eigenvalue weighted by Crippen LogP contribution is -2.30. The Labute approximate surface area is 108 Å². The molecule has 4 heteroatoms. The molecule has 0 aromatic heterocycles. The molecule has 1 saturated heterocycles. The molecular formula is C14H20N2O2. The number of carbonyl (C=O) groups is 1. The maximum Gasteiger partial charge on any atom is 0.252 e. The fourth-order valence-electron chi connectivity index (χ4n) is 2.21. The van der Waals surface area contributed by atoms with E-state index in [9.17, 15) is 4.79 Å². The van der Waals surface area contributed by atoms with Crippen LogP contribution in [-0.2, 0) is 0 Å². The van der Waals surface area contributed by atoms with Gasteiger partial charge in [-0.15, -0.1) is 0 Å². The van der Waals surface area contributed by atoms with Gasteiger partial charge in [-0.25, -0.2) is 0 Å². The minimum Gasteiger partial charge on any atom is -0.492 e. The van der Waals surface area contributed by atoms with Gasteiger partial charge in [-0.2, -0.15) is 0 Å². The lowest BCUT2D eigenvalue weighted by molar-refractivity contribution is 0.0994. The smallest absolute Gasteiger partial charge is 0.252 e. The highest BCUT2D eigenvalue weighted by Gasteiger charge is 2.15. The Morgan fingerprint density at radius 3 is 2.83 bits per heavy atom. The van der Waals surface area contributed by atoms with Gasteiger partial charge in [0, 0.05) is 0 Å². The first kappa shape index (κ1) is 12.9. The molecule has 3 N–H and O–H groups in total. The number of rotatable bonds is 4. The highest BCUT2D eigenvalue weighted by Crippen LogP contribution is 2.22. The number of benzene rings is 1. The third-order valence-corrected chi connectivity index (χ3v) is 3.34. The summed E-state index contributed by atoms with van der Waals surface area (Å²) in [5.41, 5.74) is 6.88. The van der Waals surface area contributed by atoms with Crippen LogP contribution in [0.1, 0.15) is 28.8 Å². The molecule has 98 valence electrons. The van der Waals surface area contributed by atoms with E-state index in [2.05, 4.69) is 5.32 Å². The van der Waals surface area contributed by atoms with E-state index in [4.69, 9.17) is 10.5 Å². The van der Waals surface area contributed by atoms with E-state index in [1.807, 2.05) is 19.1 Å². The van der Waals surface area contributed by atoms with E-state index >= 15 is 0 Å². The first-order valence-electron chi connectivity index (χ1n) is 6.41. The molecule has 0 atom stereocenters. The summed E-state index contributed by atoms with van der Waals surface area (Å²) in [6, 6.07) is 5.48. The van der Waals surface area contributed by atoms with Crippen LogP contribution in [0.2, 0.25) is 0 Å². The molecule has 1 fully saturated rings. The van der Waals surface area contributed by atoms with Gasteiger partial charge in [-0.1, -0.05) is 6.07 Å². The molecule has 1 aliphatic heterocycles. The lowest BCUT2D eigenvalue weighted by Gasteiger charge is -2.23. The van der Waals surface area contributed by atoms with E-state index in [1.54, 1.807) is 6.07 Å². The third-order valence-electron chi connectivity index (χ3n) is 3.34. The van der Waals surface area contributed by atoms with Crippen molar-refractivity contribution in [3.8, 4) is 5.75 Å². The van der Waals surface area contributed by atoms with Crippen molar-refractivity contribution in [3.05, 3.63) is 29.3 Å². The van der Waals surface area contributed by atoms with Gasteiger partial charge in [-0.3, -0.25) is 4.79 Å². The number of nitrogens with one attached hydrogen (secondary N) is 1. The predicted octanol–water partition coefficient (Wildman–Crippen LogP) is 1.47. The third kappa shape index (κ3) is 3.23. The summed E-state index contributed by atoms with van der Waals surface area (Å²) >= 11 is 0. The summed E-state index contributed by atoms with van der Waals surface area (Å²) in [4.78, 5) is 11.3. The molecule has 0 radical (unpaired) electrons. The van der Waals surface area contributed by atoms with E-state index in [0.717, 1.165) is 31.5 Å². The minimum absolute atomic E-state index is 0.435. The minimum atomic E-state index is -0.435. The topological polar surface area (TPSA) is 64.4 Å². The average molecular weight is 248 g/mol. The van der Waals surface area contributed by atoms with Crippen LogP contribution in [0.15, 0.2) is 18.2 Å². The number of hydrogen-bond acceptors (Lipinski definition) is 3. The number of piperidine rings is 1. The Balaban J connectivity index is 2.03. The normalized spacial score (nSPS) is 16.5. The largest absolute Gasteiger partial charge is 0.492 e. The van der Waals surface area contributed by atoms with Crippen LogP contribution in [-0.4, -0.2) is 25.6 Å². The SMILES string of the molecule is Cc1ccc(C(N)=O)c(OCC2CCNCC2)c1. The Bertz CT molecular complexity index is 426. The first-order chi connectivity index (χ1) is 8.66. The fourth-order valence-corrected chi connectivity index (χ4v) is 2.21. The molecule has 18 heavy (non-hydrogen) atoms. The Kier molecular flexibility index (Phi) is 4.20. The molecule has 2 rings (SSSR count). The second-order valence-corrected chi connectivity index (χ2v) is 4.87. The molecule has 0 saturated carbocycles. The Hall–Kier alpha value is -1.55. The van der Waals surface area contributed by atoms with Crippen LogP contribution >= 0.6 is 0 Å². The second-order valence-electron chi connectivity index (χ2n) is 4.87. The van der Waals surface area contributed by atoms with Gasteiger partial charge in [0.2, 0.25) is 0 Å². The fraction of sp³-hybridized carbons (Fsp3) is 0.500. The van der Waals surface area contributed by atoms with Crippen molar-refractivity contribution < 1.29 is 9.53 Å². The number of aryl methyl sites for hydroxylation is 1. The van der Waals surface area contributed by atoms with E-state index in [0.29, 0.717) is 23.8 Å². The summed E-state index contributed by atoms with van der Waals surface area (Å²) in [6.45, 7) is 4.72. The summed E-state index contributed by atoms with van der Waals surface area (Å²) < 4.78 is 5.79. The number of amides is 1. The molecule has 0 bridgehead atoms. The van der Waals surface area contributed by atoms with Crippen LogP contribution < -0.4 is 15.8 Å². The van der Waals surface area contributed by atoms with Crippen LogP contribution in [0.25, 0.3) is 0 Å². The van der Waals surface area contributed by atoms with Gasteiger partial charge in [0.05, 0.1) is 12.2 Å². The highest BCUT2D eigenvalue weighted by molar-refractivity contribution is 5.95. The van der Waals surface area contributed by atoms with E-state index in [1.165, 1.54) is 0 Å². The monoisotopic (exact) mass is 248 g/mol. The van der Waals surface area contributed by atoms with Gasteiger partial charge in [0.25, 0.3) is 5.91 Å². The van der Waals surface area contributed by atoms with Crippen LogP contribution in [0.4, 0.5) is 0 Å². The summed E-state index contributed by atoms with van der Waals surface area (Å²) in [5, 5.41) is 3.32. The van der Waals surface area contributed by atoms with Gasteiger partial charge in [0.1, 0.15) is 5.75 Å². The first-order valence-corrected chi connectivity index (χ1v) is 6.41. The van der Waals surface area contributed by atoms with Crippen molar-refractivity contribution in [3.63, 3.8) is 0 Å². The second kappa shape index (κ2) is 5.87. The van der Waals surface area contributed by atoms with E-state index < -0.39 is 5.91 Å².